The highest BCUT2D eigenvalue weighted by atomic mass is 16.5. The van der Waals surface area contributed by atoms with E-state index in [1.54, 1.807) is 7.11 Å². The number of benzene rings is 2. The molecule has 1 saturated heterocycles. The van der Waals surface area contributed by atoms with Gasteiger partial charge < -0.3 is 24.6 Å². The predicted octanol–water partition coefficient (Wildman–Crippen LogP) is 4.05. The molecule has 1 fully saturated rings. The van der Waals surface area contributed by atoms with Crippen LogP contribution >= 0.6 is 0 Å². The van der Waals surface area contributed by atoms with Crippen LogP contribution in [0.1, 0.15) is 48.7 Å². The van der Waals surface area contributed by atoms with Crippen LogP contribution < -0.4 is 10.1 Å². The van der Waals surface area contributed by atoms with Crippen molar-refractivity contribution in [2.75, 3.05) is 53.6 Å². The van der Waals surface area contributed by atoms with E-state index in [0.717, 1.165) is 42.8 Å². The molecule has 38 heavy (non-hydrogen) atoms. The first-order chi connectivity index (χ1) is 18.3. The molecule has 1 aliphatic heterocycles. The van der Waals surface area contributed by atoms with E-state index in [1.807, 2.05) is 65.4 Å². The molecule has 1 N–H and O–H groups in total. The average molecular weight is 524 g/mol. The first-order valence-corrected chi connectivity index (χ1v) is 13.9. The van der Waals surface area contributed by atoms with Gasteiger partial charge >= 0.3 is 0 Å². The van der Waals surface area contributed by atoms with Gasteiger partial charge in [0.25, 0.3) is 5.91 Å². The van der Waals surface area contributed by atoms with E-state index in [-0.39, 0.29) is 29.7 Å². The van der Waals surface area contributed by atoms with Gasteiger partial charge in [0.15, 0.2) is 0 Å². The molecule has 2 amide bonds. The molecule has 2 atom stereocenters. The molecule has 3 rings (SSSR count). The number of methoxy groups -OCH3 is 1. The molecule has 0 bridgehead atoms. The number of likely N-dealkylation sites (N-methyl/N-ethyl adjacent to an activating group) is 1. The summed E-state index contributed by atoms with van der Waals surface area (Å²) < 4.78 is 11.1. The lowest BCUT2D eigenvalue weighted by Gasteiger charge is -2.33. The molecular weight excluding hydrogens is 478 g/mol. The summed E-state index contributed by atoms with van der Waals surface area (Å²) >= 11 is 0. The molecule has 0 radical (unpaired) electrons. The zero-order valence-electron chi connectivity index (χ0n) is 23.7. The summed E-state index contributed by atoms with van der Waals surface area (Å²) in [5.41, 5.74) is 2.77. The number of nitrogens with zero attached hydrogens (tertiary/aromatic N) is 2. The Kier molecular flexibility index (Phi) is 11.6. The number of carbonyl (C=O) groups excluding carboxylic acids is 2. The van der Waals surface area contributed by atoms with Crippen molar-refractivity contribution >= 4 is 11.8 Å². The van der Waals surface area contributed by atoms with Crippen LogP contribution in [-0.2, 0) is 22.4 Å². The van der Waals surface area contributed by atoms with Gasteiger partial charge in [0.2, 0.25) is 5.91 Å². The van der Waals surface area contributed by atoms with E-state index < -0.39 is 0 Å². The van der Waals surface area contributed by atoms with Crippen molar-refractivity contribution in [3.8, 4) is 5.75 Å². The van der Waals surface area contributed by atoms with Crippen LogP contribution in [0, 0.1) is 11.8 Å². The molecule has 0 aromatic heterocycles. The second-order valence-electron chi connectivity index (χ2n) is 10.5. The zero-order chi connectivity index (χ0) is 27.5. The standard InChI is InChI=1S/C31H45N3O4/c1-6-25-13-14-26(18-29(25)38-16-10-15-37-5)31(36)34(23(2)3)22-28-20-32-19-27(28)21-33(4)30(35)17-24-11-8-7-9-12-24/h7-9,11-14,18,23,27-28,32H,6,10,15-17,19-22H2,1-5H3/t27-,28-/m0/s1. The lowest BCUT2D eigenvalue weighted by molar-refractivity contribution is -0.129. The van der Waals surface area contributed by atoms with E-state index in [2.05, 4.69) is 26.1 Å². The third kappa shape index (κ3) is 8.30. The summed E-state index contributed by atoms with van der Waals surface area (Å²) in [6, 6.07) is 15.7. The number of rotatable bonds is 14. The van der Waals surface area contributed by atoms with Gasteiger partial charge in [0.05, 0.1) is 13.0 Å². The first kappa shape index (κ1) is 29.7. The van der Waals surface area contributed by atoms with Crippen LogP contribution in [0.5, 0.6) is 5.75 Å². The minimum absolute atomic E-state index is 0.0172. The second-order valence-corrected chi connectivity index (χ2v) is 10.5. The Balaban J connectivity index is 1.65. The summed E-state index contributed by atoms with van der Waals surface area (Å²) in [6.45, 7) is 10.4. The first-order valence-electron chi connectivity index (χ1n) is 13.9. The van der Waals surface area contributed by atoms with Crippen LogP contribution in [0.2, 0.25) is 0 Å². The second kappa shape index (κ2) is 14.9. The summed E-state index contributed by atoms with van der Waals surface area (Å²) in [4.78, 5) is 30.4. The van der Waals surface area contributed by atoms with Crippen molar-refractivity contribution in [2.24, 2.45) is 11.8 Å². The molecule has 2 aromatic rings. The number of carbonyl (C=O) groups is 2. The summed E-state index contributed by atoms with van der Waals surface area (Å²) in [5.74, 6) is 1.47. The van der Waals surface area contributed by atoms with Crippen molar-refractivity contribution in [2.45, 2.75) is 46.1 Å². The van der Waals surface area contributed by atoms with Gasteiger partial charge in [0, 0.05) is 65.0 Å². The number of hydrogen-bond acceptors (Lipinski definition) is 5. The normalized spacial score (nSPS) is 17.0. The third-order valence-electron chi connectivity index (χ3n) is 7.37. The van der Waals surface area contributed by atoms with E-state index in [1.165, 1.54) is 0 Å². The highest BCUT2D eigenvalue weighted by Gasteiger charge is 2.33. The average Bonchev–Trinajstić information content (AvgIpc) is 3.36. The number of amides is 2. The van der Waals surface area contributed by atoms with Crippen molar-refractivity contribution in [1.29, 1.82) is 0 Å². The Morgan fingerprint density at radius 3 is 2.39 bits per heavy atom. The fourth-order valence-electron chi connectivity index (χ4n) is 5.02. The molecule has 0 aliphatic carbocycles. The molecule has 208 valence electrons. The van der Waals surface area contributed by atoms with Crippen molar-refractivity contribution in [3.05, 3.63) is 65.2 Å². The number of hydrogen-bond donors (Lipinski definition) is 1. The Labute approximate surface area is 228 Å². The monoisotopic (exact) mass is 523 g/mol. The lowest BCUT2D eigenvalue weighted by atomic mass is 9.93. The maximum absolute atomic E-state index is 13.7. The van der Waals surface area contributed by atoms with Crippen LogP contribution in [0.15, 0.2) is 48.5 Å². The Morgan fingerprint density at radius 2 is 1.74 bits per heavy atom. The fourth-order valence-corrected chi connectivity index (χ4v) is 5.02. The maximum atomic E-state index is 13.7. The highest BCUT2D eigenvalue weighted by Crippen LogP contribution is 2.25. The van der Waals surface area contributed by atoms with Crippen molar-refractivity contribution in [1.82, 2.24) is 15.1 Å². The van der Waals surface area contributed by atoms with Crippen molar-refractivity contribution in [3.63, 3.8) is 0 Å². The van der Waals surface area contributed by atoms with E-state index in [4.69, 9.17) is 9.47 Å². The molecule has 1 heterocycles. The van der Waals surface area contributed by atoms with Crippen LogP contribution in [0.25, 0.3) is 0 Å². The molecule has 7 nitrogen and oxygen atoms in total. The van der Waals surface area contributed by atoms with Crippen molar-refractivity contribution < 1.29 is 19.1 Å². The molecule has 0 saturated carbocycles. The van der Waals surface area contributed by atoms with Gasteiger partial charge in [-0.05, 0) is 55.4 Å². The topological polar surface area (TPSA) is 71.1 Å². The number of nitrogens with one attached hydrogen (secondary N) is 1. The SMILES string of the molecule is CCc1ccc(C(=O)N(C[C@@H]2CNC[C@H]2CN(C)C(=O)Cc2ccccc2)C(C)C)cc1OCCCOC. The fraction of sp³-hybridized carbons (Fsp3) is 0.548. The number of aryl methyl sites for hydroxylation is 1. The molecule has 2 aromatic carbocycles. The molecule has 0 spiro atoms. The Hall–Kier alpha value is -2.90. The Bertz CT molecular complexity index is 1030. The van der Waals surface area contributed by atoms with Crippen LogP contribution in [0.3, 0.4) is 0 Å². The summed E-state index contributed by atoms with van der Waals surface area (Å²) in [5, 5.41) is 3.49. The van der Waals surface area contributed by atoms with E-state index in [9.17, 15) is 9.59 Å². The molecular formula is C31H45N3O4. The van der Waals surface area contributed by atoms with Gasteiger partial charge in [-0.3, -0.25) is 9.59 Å². The number of ether oxygens (including phenoxy) is 2. The van der Waals surface area contributed by atoms with Gasteiger partial charge in [-0.25, -0.2) is 0 Å². The van der Waals surface area contributed by atoms with Gasteiger partial charge in [0.1, 0.15) is 5.75 Å². The zero-order valence-corrected chi connectivity index (χ0v) is 23.7. The maximum Gasteiger partial charge on any atom is 0.254 e. The van der Waals surface area contributed by atoms with Crippen LogP contribution in [0.4, 0.5) is 0 Å². The molecule has 0 unspecified atom stereocenters. The van der Waals surface area contributed by atoms with Gasteiger partial charge in [-0.1, -0.05) is 43.3 Å². The summed E-state index contributed by atoms with van der Waals surface area (Å²) in [7, 11) is 3.57. The van der Waals surface area contributed by atoms with Gasteiger partial charge in [-0.2, -0.15) is 0 Å². The smallest absolute Gasteiger partial charge is 0.254 e. The lowest BCUT2D eigenvalue weighted by Crippen LogP contribution is -2.44. The largest absolute Gasteiger partial charge is 0.493 e. The summed E-state index contributed by atoms with van der Waals surface area (Å²) in [6.07, 6.45) is 2.05. The predicted molar refractivity (Wildman–Crippen MR) is 152 cm³/mol. The Morgan fingerprint density at radius 1 is 1.03 bits per heavy atom. The van der Waals surface area contributed by atoms with E-state index >= 15 is 0 Å². The van der Waals surface area contributed by atoms with Crippen LogP contribution in [-0.4, -0.2) is 81.2 Å². The van der Waals surface area contributed by atoms with Gasteiger partial charge in [-0.15, -0.1) is 0 Å². The van der Waals surface area contributed by atoms with E-state index in [0.29, 0.717) is 38.3 Å². The molecule has 7 heteroatoms. The minimum atomic E-state index is 0.0172. The minimum Gasteiger partial charge on any atom is -0.493 e. The quantitative estimate of drug-likeness (QED) is 0.378. The molecule has 1 aliphatic rings. The third-order valence-corrected chi connectivity index (χ3v) is 7.37. The highest BCUT2D eigenvalue weighted by molar-refractivity contribution is 5.95.